The minimum absolute atomic E-state index is 0.00820. The van der Waals surface area contributed by atoms with E-state index in [2.05, 4.69) is 0 Å². The molecule has 1 aliphatic heterocycles. The van der Waals surface area contributed by atoms with Crippen molar-refractivity contribution in [2.24, 2.45) is 23.7 Å². The van der Waals surface area contributed by atoms with E-state index in [0.717, 1.165) is 0 Å². The molecular formula is C29H44O12. The molecule has 1 fully saturated rings. The summed E-state index contributed by atoms with van der Waals surface area (Å²) in [5, 5.41) is 12.0. The van der Waals surface area contributed by atoms with E-state index in [9.17, 15) is 29.1 Å². The molecule has 232 valence electrons. The monoisotopic (exact) mass is 584 g/mol. The van der Waals surface area contributed by atoms with E-state index in [-0.39, 0.29) is 44.1 Å². The van der Waals surface area contributed by atoms with E-state index >= 15 is 0 Å². The Labute approximate surface area is 241 Å². The van der Waals surface area contributed by atoms with Crippen LogP contribution < -0.4 is 0 Å². The Bertz CT molecular complexity index is 1010. The topological polar surface area (TPSA) is 161 Å². The lowest BCUT2D eigenvalue weighted by Crippen LogP contribution is -2.55. The van der Waals surface area contributed by atoms with Gasteiger partial charge < -0.3 is 33.5 Å². The second-order valence-electron chi connectivity index (χ2n) is 12.2. The summed E-state index contributed by atoms with van der Waals surface area (Å²) < 4.78 is 32.8. The minimum Gasteiger partial charge on any atom is -0.462 e. The lowest BCUT2D eigenvalue weighted by atomic mass is 9.80. The molecule has 1 N–H and O–H groups in total. The molecule has 1 aliphatic carbocycles. The lowest BCUT2D eigenvalue weighted by molar-refractivity contribution is -0.226. The summed E-state index contributed by atoms with van der Waals surface area (Å²) in [4.78, 5) is 60.9. The number of fused-ring (bicyclic) bond motifs is 1. The zero-order valence-corrected chi connectivity index (χ0v) is 25.2. The van der Waals surface area contributed by atoms with Crippen molar-refractivity contribution in [2.75, 3.05) is 13.2 Å². The van der Waals surface area contributed by atoms with Crippen molar-refractivity contribution < 1.29 is 57.5 Å². The van der Waals surface area contributed by atoms with Crippen molar-refractivity contribution in [3.63, 3.8) is 0 Å². The zero-order chi connectivity index (χ0) is 31.1. The van der Waals surface area contributed by atoms with Gasteiger partial charge in [-0.2, -0.15) is 0 Å². The van der Waals surface area contributed by atoms with Crippen LogP contribution in [-0.2, 0) is 52.4 Å². The second kappa shape index (κ2) is 14.2. The molecule has 0 aromatic carbocycles. The van der Waals surface area contributed by atoms with Crippen molar-refractivity contribution in [3.05, 3.63) is 11.8 Å². The molecule has 0 amide bonds. The molecule has 0 aromatic heterocycles. The van der Waals surface area contributed by atoms with Crippen LogP contribution in [0.2, 0.25) is 0 Å². The number of hydrogen-bond acceptors (Lipinski definition) is 12. The van der Waals surface area contributed by atoms with Crippen LogP contribution in [-0.4, -0.2) is 71.8 Å². The average Bonchev–Trinajstić information content (AvgIpc) is 3.07. The van der Waals surface area contributed by atoms with Gasteiger partial charge in [0, 0.05) is 38.2 Å². The van der Waals surface area contributed by atoms with Crippen LogP contribution in [0.1, 0.15) is 81.1 Å². The highest BCUT2D eigenvalue weighted by atomic mass is 16.7. The van der Waals surface area contributed by atoms with Crippen molar-refractivity contribution >= 4 is 29.8 Å². The predicted molar refractivity (Wildman–Crippen MR) is 142 cm³/mol. The number of esters is 5. The fourth-order valence-corrected chi connectivity index (χ4v) is 5.15. The third-order valence-corrected chi connectivity index (χ3v) is 6.72. The third-order valence-electron chi connectivity index (χ3n) is 6.72. The first-order valence-electron chi connectivity index (χ1n) is 13.9. The van der Waals surface area contributed by atoms with Gasteiger partial charge in [-0.15, -0.1) is 0 Å². The van der Waals surface area contributed by atoms with Crippen LogP contribution in [0.3, 0.4) is 0 Å². The summed E-state index contributed by atoms with van der Waals surface area (Å²) in [5.74, 6) is -4.60. The summed E-state index contributed by atoms with van der Waals surface area (Å²) in [7, 11) is 0. The summed E-state index contributed by atoms with van der Waals surface area (Å²) >= 11 is 0. The van der Waals surface area contributed by atoms with Crippen molar-refractivity contribution in [3.8, 4) is 0 Å². The maximum atomic E-state index is 12.7. The van der Waals surface area contributed by atoms with Gasteiger partial charge in [0.25, 0.3) is 0 Å². The molecule has 12 heteroatoms. The smallest absolute Gasteiger partial charge is 0.309 e. The molecule has 0 aromatic rings. The van der Waals surface area contributed by atoms with Crippen LogP contribution in [0.4, 0.5) is 0 Å². The Hall–Kier alpha value is -3.15. The second-order valence-corrected chi connectivity index (χ2v) is 12.2. The van der Waals surface area contributed by atoms with Crippen LogP contribution in [0, 0.1) is 23.7 Å². The molecular weight excluding hydrogens is 540 g/mol. The fourth-order valence-electron chi connectivity index (χ4n) is 5.15. The maximum Gasteiger partial charge on any atom is 0.309 e. The van der Waals surface area contributed by atoms with Crippen LogP contribution >= 0.6 is 0 Å². The van der Waals surface area contributed by atoms with E-state index < -0.39 is 71.9 Å². The first kappa shape index (κ1) is 34.1. The molecule has 5 atom stereocenters. The quantitative estimate of drug-likeness (QED) is 0.249. The van der Waals surface area contributed by atoms with Crippen molar-refractivity contribution in [1.82, 2.24) is 0 Å². The number of hydrogen-bond donors (Lipinski definition) is 1. The number of ether oxygens (including phenoxy) is 6. The lowest BCUT2D eigenvalue weighted by Gasteiger charge is -2.40. The van der Waals surface area contributed by atoms with E-state index in [0.29, 0.717) is 5.57 Å². The van der Waals surface area contributed by atoms with E-state index in [1.54, 1.807) is 0 Å². The Kier molecular flexibility index (Phi) is 11.8. The molecule has 1 heterocycles. The van der Waals surface area contributed by atoms with Crippen molar-refractivity contribution in [2.45, 2.75) is 105 Å². The van der Waals surface area contributed by atoms with Gasteiger partial charge in [0.05, 0.1) is 18.6 Å². The Morgan fingerprint density at radius 2 is 1.56 bits per heavy atom. The van der Waals surface area contributed by atoms with Crippen LogP contribution in [0.15, 0.2) is 11.8 Å². The third kappa shape index (κ3) is 10.0. The largest absolute Gasteiger partial charge is 0.462 e. The highest BCUT2D eigenvalue weighted by molar-refractivity contribution is 5.72. The summed E-state index contributed by atoms with van der Waals surface area (Å²) in [5.41, 5.74) is -2.72. The molecule has 0 spiro atoms. The molecule has 2 rings (SSSR count). The van der Waals surface area contributed by atoms with Crippen LogP contribution in [0.5, 0.6) is 0 Å². The van der Waals surface area contributed by atoms with E-state index in [1.807, 2.05) is 27.7 Å². The standard InChI is InChI=1S/C29H44O12/c1-16(2)9-23(32)36-13-20-14-37-27(40-24(33)10-17(3)4)26-21(20)11-22(39-18(5)30)29(26,35)15-38-25(34)12-28(7,8)41-19(6)31/h14,16-17,21-22,26-27,35H,9-13,15H2,1-8H3/t21?,22?,26?,27?,29-/m1/s1. The Morgan fingerprint density at radius 3 is 2.12 bits per heavy atom. The number of carbonyl (C=O) groups is 5. The number of rotatable bonds is 13. The van der Waals surface area contributed by atoms with Gasteiger partial charge in [-0.3, -0.25) is 24.0 Å². The summed E-state index contributed by atoms with van der Waals surface area (Å²) in [6, 6.07) is 0. The SMILES string of the molecule is CC(=O)OC1CC2C(COC(=O)CC(C)C)=COC(OC(=O)CC(C)C)C2[C@@]1(O)COC(=O)CC(C)(C)OC(C)=O. The molecule has 0 radical (unpaired) electrons. The highest BCUT2D eigenvalue weighted by Gasteiger charge is 2.63. The van der Waals surface area contributed by atoms with Gasteiger partial charge >= 0.3 is 29.8 Å². The van der Waals surface area contributed by atoms with Gasteiger partial charge in [-0.1, -0.05) is 27.7 Å². The molecule has 1 saturated carbocycles. The fraction of sp³-hybridized carbons (Fsp3) is 0.759. The van der Waals surface area contributed by atoms with Gasteiger partial charge in [-0.05, 0) is 32.1 Å². The van der Waals surface area contributed by atoms with Gasteiger partial charge in [0.1, 0.15) is 30.5 Å². The molecule has 2 aliphatic rings. The number of aliphatic hydroxyl groups is 1. The minimum atomic E-state index is -2.04. The highest BCUT2D eigenvalue weighted by Crippen LogP contribution is 2.50. The van der Waals surface area contributed by atoms with E-state index in [4.69, 9.17) is 28.4 Å². The molecule has 12 nitrogen and oxygen atoms in total. The normalized spacial score (nSPS) is 25.5. The maximum absolute atomic E-state index is 12.7. The Morgan fingerprint density at radius 1 is 0.951 bits per heavy atom. The predicted octanol–water partition coefficient (Wildman–Crippen LogP) is 2.98. The molecule has 0 saturated heterocycles. The first-order valence-corrected chi connectivity index (χ1v) is 13.9. The van der Waals surface area contributed by atoms with E-state index in [1.165, 1.54) is 34.0 Å². The Balaban J connectivity index is 2.37. The van der Waals surface area contributed by atoms with Gasteiger partial charge in [0.2, 0.25) is 6.29 Å². The van der Waals surface area contributed by atoms with Gasteiger partial charge in [-0.25, -0.2) is 0 Å². The molecule has 41 heavy (non-hydrogen) atoms. The first-order chi connectivity index (χ1) is 18.9. The molecule has 0 bridgehead atoms. The number of carbonyl (C=O) groups excluding carboxylic acids is 5. The van der Waals surface area contributed by atoms with Crippen molar-refractivity contribution in [1.29, 1.82) is 0 Å². The average molecular weight is 585 g/mol. The zero-order valence-electron chi connectivity index (χ0n) is 25.2. The summed E-state index contributed by atoms with van der Waals surface area (Å²) in [6.45, 7) is 12.1. The van der Waals surface area contributed by atoms with Gasteiger partial charge in [0.15, 0.2) is 0 Å². The van der Waals surface area contributed by atoms with Crippen LogP contribution in [0.25, 0.3) is 0 Å². The summed E-state index contributed by atoms with van der Waals surface area (Å²) in [6.07, 6.45) is -1.09. The molecule has 4 unspecified atom stereocenters.